The van der Waals surface area contributed by atoms with Gasteiger partial charge in [0.1, 0.15) is 4.21 Å². The van der Waals surface area contributed by atoms with E-state index in [1.165, 1.54) is 24.7 Å². The molecule has 0 bridgehead atoms. The lowest BCUT2D eigenvalue weighted by Gasteiger charge is -2.08. The predicted molar refractivity (Wildman–Crippen MR) is 87.7 cm³/mol. The van der Waals surface area contributed by atoms with Gasteiger partial charge in [-0.1, -0.05) is 23.8 Å². The van der Waals surface area contributed by atoms with Crippen LogP contribution in [0.25, 0.3) is 0 Å². The maximum Gasteiger partial charge on any atom is 0.261 e. The van der Waals surface area contributed by atoms with Crippen LogP contribution in [-0.4, -0.2) is 21.4 Å². The highest BCUT2D eigenvalue weighted by atomic mass is 32.2. The molecule has 5 nitrogen and oxygen atoms in total. The van der Waals surface area contributed by atoms with Gasteiger partial charge in [-0.15, -0.1) is 11.3 Å². The molecule has 0 saturated carbocycles. The Kier molecular flexibility index (Phi) is 5.00. The molecule has 0 atom stereocenters. The lowest BCUT2D eigenvalue weighted by Crippen LogP contribution is -2.22. The summed E-state index contributed by atoms with van der Waals surface area (Å²) >= 11 is 0.952. The summed E-state index contributed by atoms with van der Waals surface area (Å²) in [4.78, 5) is 12.5. The van der Waals surface area contributed by atoms with Crippen molar-refractivity contribution >= 4 is 27.3 Å². The molecule has 0 aliphatic heterocycles. The van der Waals surface area contributed by atoms with Crippen LogP contribution < -0.4 is 10.0 Å². The van der Waals surface area contributed by atoms with Crippen molar-refractivity contribution in [3.63, 3.8) is 0 Å². The fourth-order valence-corrected chi connectivity index (χ4v) is 4.05. The van der Waals surface area contributed by atoms with Crippen molar-refractivity contribution in [2.45, 2.75) is 24.6 Å². The Bertz CT molecular complexity index is 795. The van der Waals surface area contributed by atoms with Gasteiger partial charge in [0.05, 0.1) is 4.88 Å². The topological polar surface area (TPSA) is 75.3 Å². The predicted octanol–water partition coefficient (Wildman–Crippen LogP) is 2.20. The Morgan fingerprint density at radius 1 is 1.18 bits per heavy atom. The molecule has 1 aromatic carbocycles. The molecule has 118 valence electrons. The zero-order chi connectivity index (χ0) is 16.3. The van der Waals surface area contributed by atoms with Gasteiger partial charge in [0.2, 0.25) is 10.0 Å². The summed E-state index contributed by atoms with van der Waals surface area (Å²) in [6, 6.07) is 8.99. The lowest BCUT2D eigenvalue weighted by molar-refractivity contribution is 0.0955. The van der Waals surface area contributed by atoms with E-state index in [-0.39, 0.29) is 10.1 Å². The Morgan fingerprint density at radius 3 is 2.55 bits per heavy atom. The van der Waals surface area contributed by atoms with Crippen molar-refractivity contribution in [2.75, 3.05) is 7.05 Å². The maximum absolute atomic E-state index is 12.1. The van der Waals surface area contributed by atoms with E-state index in [2.05, 4.69) is 16.1 Å². The molecule has 22 heavy (non-hydrogen) atoms. The normalized spacial score (nSPS) is 11.4. The molecule has 7 heteroatoms. The largest absolute Gasteiger partial charge is 0.347 e. The van der Waals surface area contributed by atoms with Crippen LogP contribution in [0.3, 0.4) is 0 Å². The zero-order valence-electron chi connectivity index (χ0n) is 12.6. The van der Waals surface area contributed by atoms with Gasteiger partial charge < -0.3 is 5.32 Å². The molecular weight excluding hydrogens is 320 g/mol. The van der Waals surface area contributed by atoms with Crippen molar-refractivity contribution in [1.29, 1.82) is 0 Å². The highest BCUT2D eigenvalue weighted by Crippen LogP contribution is 2.21. The number of carbonyl (C=O) groups is 1. The van der Waals surface area contributed by atoms with Gasteiger partial charge in [-0.2, -0.15) is 0 Å². The minimum absolute atomic E-state index is 0.131. The van der Waals surface area contributed by atoms with Gasteiger partial charge in [-0.25, -0.2) is 13.1 Å². The molecule has 0 spiro atoms. The van der Waals surface area contributed by atoms with Crippen LogP contribution in [0.4, 0.5) is 0 Å². The van der Waals surface area contributed by atoms with E-state index in [1.54, 1.807) is 0 Å². The van der Waals surface area contributed by atoms with Crippen molar-refractivity contribution in [1.82, 2.24) is 10.0 Å². The van der Waals surface area contributed by atoms with Gasteiger partial charge in [-0.3, -0.25) is 4.79 Å². The van der Waals surface area contributed by atoms with E-state index in [1.807, 2.05) is 26.0 Å². The van der Waals surface area contributed by atoms with E-state index in [0.717, 1.165) is 22.5 Å². The Labute approximate surface area is 134 Å². The van der Waals surface area contributed by atoms with Crippen molar-refractivity contribution in [2.24, 2.45) is 0 Å². The fraction of sp³-hybridized carbons (Fsp3) is 0.267. The Balaban J connectivity index is 2.07. The third-order valence-electron chi connectivity index (χ3n) is 3.28. The number of carbonyl (C=O) groups excluding carboxylic acids is 1. The molecule has 0 saturated heterocycles. The van der Waals surface area contributed by atoms with Crippen LogP contribution in [0.1, 0.15) is 26.4 Å². The van der Waals surface area contributed by atoms with Crippen LogP contribution in [0.2, 0.25) is 0 Å². The van der Waals surface area contributed by atoms with Gasteiger partial charge >= 0.3 is 0 Å². The highest BCUT2D eigenvalue weighted by Gasteiger charge is 2.17. The summed E-state index contributed by atoms with van der Waals surface area (Å²) in [5.41, 5.74) is 3.33. The van der Waals surface area contributed by atoms with Crippen LogP contribution in [0, 0.1) is 13.8 Å². The summed E-state index contributed by atoms with van der Waals surface area (Å²) in [5, 5.41) is 2.81. The summed E-state index contributed by atoms with van der Waals surface area (Å²) in [7, 11) is -2.16. The highest BCUT2D eigenvalue weighted by molar-refractivity contribution is 7.91. The van der Waals surface area contributed by atoms with Gasteiger partial charge in [0, 0.05) is 6.54 Å². The standard InChI is InChI=1S/C15H18N2O3S2/c1-10-4-5-12(11(2)8-10)9-17-15(18)13-6-7-14(21-13)22(19,20)16-3/h4-8,16H,9H2,1-3H3,(H,17,18). The number of amides is 1. The molecule has 1 amide bonds. The third-order valence-corrected chi connectivity index (χ3v) is 6.27. The first-order valence-electron chi connectivity index (χ1n) is 6.71. The number of thiophene rings is 1. The van der Waals surface area contributed by atoms with Crippen LogP contribution in [0.5, 0.6) is 0 Å². The smallest absolute Gasteiger partial charge is 0.261 e. The molecular formula is C15H18N2O3S2. The average Bonchev–Trinajstić information content (AvgIpc) is 2.96. The summed E-state index contributed by atoms with van der Waals surface area (Å²) in [6.45, 7) is 4.43. The SMILES string of the molecule is CNS(=O)(=O)c1ccc(C(=O)NCc2ccc(C)cc2C)s1. The van der Waals surface area contributed by atoms with Crippen molar-refractivity contribution in [3.8, 4) is 0 Å². The van der Waals surface area contributed by atoms with E-state index in [0.29, 0.717) is 11.4 Å². The molecule has 1 heterocycles. The van der Waals surface area contributed by atoms with Crippen molar-refractivity contribution in [3.05, 3.63) is 51.9 Å². The third kappa shape index (κ3) is 3.73. The monoisotopic (exact) mass is 338 g/mol. The molecule has 0 radical (unpaired) electrons. The lowest BCUT2D eigenvalue weighted by atomic mass is 10.1. The summed E-state index contributed by atoms with van der Waals surface area (Å²) < 4.78 is 25.7. The number of aryl methyl sites for hydroxylation is 2. The van der Waals surface area contributed by atoms with E-state index >= 15 is 0 Å². The van der Waals surface area contributed by atoms with E-state index < -0.39 is 10.0 Å². The maximum atomic E-state index is 12.1. The number of hydrogen-bond donors (Lipinski definition) is 2. The summed E-state index contributed by atoms with van der Waals surface area (Å²) in [5.74, 6) is -0.275. The number of hydrogen-bond acceptors (Lipinski definition) is 4. The molecule has 0 fully saturated rings. The zero-order valence-corrected chi connectivity index (χ0v) is 14.3. The quantitative estimate of drug-likeness (QED) is 0.877. The van der Waals surface area contributed by atoms with Gasteiger partial charge in [0.15, 0.2) is 0 Å². The average molecular weight is 338 g/mol. The first-order valence-corrected chi connectivity index (χ1v) is 9.01. The first kappa shape index (κ1) is 16.7. The molecule has 2 N–H and O–H groups in total. The molecule has 0 aliphatic carbocycles. The fourth-order valence-electron chi connectivity index (χ4n) is 1.99. The first-order chi connectivity index (χ1) is 10.3. The molecule has 1 aromatic heterocycles. The van der Waals surface area contributed by atoms with Crippen LogP contribution >= 0.6 is 11.3 Å². The van der Waals surface area contributed by atoms with Crippen LogP contribution in [0.15, 0.2) is 34.5 Å². The number of benzene rings is 1. The van der Waals surface area contributed by atoms with Gasteiger partial charge in [-0.05, 0) is 44.2 Å². The molecule has 0 aliphatic rings. The van der Waals surface area contributed by atoms with E-state index in [9.17, 15) is 13.2 Å². The minimum Gasteiger partial charge on any atom is -0.347 e. The second kappa shape index (κ2) is 6.60. The number of sulfonamides is 1. The minimum atomic E-state index is -3.50. The van der Waals surface area contributed by atoms with Crippen LogP contribution in [-0.2, 0) is 16.6 Å². The van der Waals surface area contributed by atoms with Crippen molar-refractivity contribution < 1.29 is 13.2 Å². The molecule has 2 rings (SSSR count). The van der Waals surface area contributed by atoms with E-state index in [4.69, 9.17) is 0 Å². The number of rotatable bonds is 5. The second-order valence-electron chi connectivity index (χ2n) is 4.94. The Morgan fingerprint density at radius 2 is 1.91 bits per heavy atom. The number of nitrogens with one attached hydrogen (secondary N) is 2. The van der Waals surface area contributed by atoms with Gasteiger partial charge in [0.25, 0.3) is 5.91 Å². The Hall–Kier alpha value is -1.70. The second-order valence-corrected chi connectivity index (χ2v) is 8.14. The molecule has 0 unspecified atom stereocenters. The molecule has 2 aromatic rings. The summed E-state index contributed by atoms with van der Waals surface area (Å²) in [6.07, 6.45) is 0.